The third-order valence-electron chi connectivity index (χ3n) is 2.57. The van der Waals surface area contributed by atoms with Crippen molar-refractivity contribution in [3.8, 4) is 0 Å². The van der Waals surface area contributed by atoms with Crippen LogP contribution >= 0.6 is 23.4 Å². The van der Waals surface area contributed by atoms with Crippen molar-refractivity contribution in [1.82, 2.24) is 9.97 Å². The van der Waals surface area contributed by atoms with Crippen LogP contribution < -0.4 is 5.32 Å². The number of aromatic nitrogens is 2. The van der Waals surface area contributed by atoms with Gasteiger partial charge in [0.25, 0.3) is 0 Å². The van der Waals surface area contributed by atoms with Crippen molar-refractivity contribution in [2.24, 2.45) is 0 Å². The van der Waals surface area contributed by atoms with Crippen molar-refractivity contribution in [1.29, 1.82) is 0 Å². The van der Waals surface area contributed by atoms with E-state index in [-0.39, 0.29) is 10.7 Å². The topological polar surface area (TPSA) is 54.9 Å². The van der Waals surface area contributed by atoms with Crippen LogP contribution in [0.5, 0.6) is 0 Å². The Hall–Kier alpha value is -0.810. The van der Waals surface area contributed by atoms with E-state index in [0.29, 0.717) is 11.0 Å². The van der Waals surface area contributed by atoms with Crippen molar-refractivity contribution >= 4 is 35.1 Å². The lowest BCUT2D eigenvalue weighted by Crippen LogP contribution is -2.34. The lowest BCUT2D eigenvalue weighted by Gasteiger charge is -2.20. The summed E-state index contributed by atoms with van der Waals surface area (Å²) in [6.07, 6.45) is 3.32. The lowest BCUT2D eigenvalue weighted by molar-refractivity contribution is -0.118. The maximum absolute atomic E-state index is 12.0. The molecular weight excluding hydrogens is 246 g/mol. The third-order valence-corrected chi connectivity index (χ3v) is 4.30. The summed E-state index contributed by atoms with van der Waals surface area (Å²) >= 11 is 7.40. The van der Waals surface area contributed by atoms with E-state index in [4.69, 9.17) is 11.6 Å². The van der Waals surface area contributed by atoms with Gasteiger partial charge in [-0.25, -0.2) is 9.97 Å². The lowest BCUT2D eigenvalue weighted by atomic mass is 10.1. The van der Waals surface area contributed by atoms with Crippen LogP contribution in [0.2, 0.25) is 5.15 Å². The van der Waals surface area contributed by atoms with Crippen LogP contribution in [-0.2, 0) is 4.79 Å². The Kier molecular flexibility index (Phi) is 3.35. The molecule has 1 saturated heterocycles. The number of nitrogens with one attached hydrogen (secondary N) is 1. The predicted octanol–water partition coefficient (Wildman–Crippen LogP) is 2.35. The number of carbonyl (C=O) groups excluding carboxylic acids is 1. The molecule has 0 aliphatic carbocycles. The fourth-order valence-corrected chi connectivity index (χ4v) is 2.97. The standard InChI is InChI=1S/C10H12ClN3OS/c1-10(3-2-4-16-10)9(15)14-8-5-7(11)12-6-13-8/h5-6H,2-4H2,1H3,(H,12,13,14,15). The largest absolute Gasteiger partial charge is 0.309 e. The normalized spacial score (nSPS) is 24.4. The van der Waals surface area contributed by atoms with Crippen molar-refractivity contribution in [3.63, 3.8) is 0 Å². The number of amides is 1. The predicted molar refractivity (Wildman–Crippen MR) is 65.8 cm³/mol. The van der Waals surface area contributed by atoms with E-state index in [2.05, 4.69) is 15.3 Å². The number of carbonyl (C=O) groups is 1. The van der Waals surface area contributed by atoms with Crippen molar-refractivity contribution < 1.29 is 4.79 Å². The minimum Gasteiger partial charge on any atom is -0.309 e. The molecule has 1 aliphatic heterocycles. The number of hydrogen-bond donors (Lipinski definition) is 1. The number of nitrogens with zero attached hydrogens (tertiary/aromatic N) is 2. The SMILES string of the molecule is CC1(C(=O)Nc2cc(Cl)ncn2)CCCS1. The molecule has 1 aromatic rings. The van der Waals surface area contributed by atoms with Crippen LogP contribution in [0.4, 0.5) is 5.82 Å². The van der Waals surface area contributed by atoms with Gasteiger partial charge in [-0.3, -0.25) is 4.79 Å². The number of anilines is 1. The van der Waals surface area contributed by atoms with Gasteiger partial charge in [0.15, 0.2) is 0 Å². The van der Waals surface area contributed by atoms with Crippen molar-refractivity contribution in [3.05, 3.63) is 17.5 Å². The zero-order chi connectivity index (χ0) is 11.6. The third kappa shape index (κ3) is 2.47. The molecule has 0 aromatic carbocycles. The first-order chi connectivity index (χ1) is 7.60. The van der Waals surface area contributed by atoms with Crippen LogP contribution in [0.25, 0.3) is 0 Å². The second kappa shape index (κ2) is 4.59. The number of halogens is 1. The summed E-state index contributed by atoms with van der Waals surface area (Å²) < 4.78 is -0.336. The van der Waals surface area contributed by atoms with Crippen LogP contribution in [-0.4, -0.2) is 26.4 Å². The van der Waals surface area contributed by atoms with E-state index in [1.54, 1.807) is 17.8 Å². The average molecular weight is 258 g/mol. The van der Waals surface area contributed by atoms with Gasteiger partial charge in [-0.1, -0.05) is 11.6 Å². The first-order valence-corrected chi connectivity index (χ1v) is 6.39. The summed E-state index contributed by atoms with van der Waals surface area (Å²) in [5.74, 6) is 1.48. The molecule has 0 saturated carbocycles. The highest BCUT2D eigenvalue weighted by Crippen LogP contribution is 2.38. The quantitative estimate of drug-likeness (QED) is 0.827. The van der Waals surface area contributed by atoms with E-state index in [0.717, 1.165) is 18.6 Å². The highest BCUT2D eigenvalue weighted by molar-refractivity contribution is 8.01. The van der Waals surface area contributed by atoms with E-state index in [9.17, 15) is 4.79 Å². The molecule has 2 heterocycles. The van der Waals surface area contributed by atoms with Gasteiger partial charge in [-0.2, -0.15) is 0 Å². The number of rotatable bonds is 2. The van der Waals surface area contributed by atoms with Gasteiger partial charge in [0.05, 0.1) is 4.75 Å². The first-order valence-electron chi connectivity index (χ1n) is 5.03. The Morgan fingerprint density at radius 1 is 1.62 bits per heavy atom. The highest BCUT2D eigenvalue weighted by Gasteiger charge is 2.37. The van der Waals surface area contributed by atoms with Gasteiger partial charge in [-0.05, 0) is 25.5 Å². The van der Waals surface area contributed by atoms with E-state index >= 15 is 0 Å². The van der Waals surface area contributed by atoms with Gasteiger partial charge in [0.1, 0.15) is 17.3 Å². The molecule has 1 N–H and O–H groups in total. The molecule has 1 aromatic heterocycles. The molecule has 2 rings (SSSR count). The fraction of sp³-hybridized carbons (Fsp3) is 0.500. The summed E-state index contributed by atoms with van der Waals surface area (Å²) in [4.78, 5) is 19.7. The Labute approximate surface area is 103 Å². The van der Waals surface area contributed by atoms with Gasteiger partial charge in [0, 0.05) is 6.07 Å². The van der Waals surface area contributed by atoms with Gasteiger partial charge < -0.3 is 5.32 Å². The van der Waals surface area contributed by atoms with Crippen molar-refractivity contribution in [2.45, 2.75) is 24.5 Å². The zero-order valence-corrected chi connectivity index (χ0v) is 10.4. The molecule has 0 spiro atoms. The van der Waals surface area contributed by atoms with Gasteiger partial charge in [0.2, 0.25) is 5.91 Å². The number of hydrogen-bond acceptors (Lipinski definition) is 4. The molecule has 1 amide bonds. The smallest absolute Gasteiger partial charge is 0.241 e. The van der Waals surface area contributed by atoms with E-state index in [1.807, 2.05) is 6.92 Å². The minimum absolute atomic E-state index is 0.00948. The van der Waals surface area contributed by atoms with Crippen LogP contribution in [0, 0.1) is 0 Å². The summed E-state index contributed by atoms with van der Waals surface area (Å²) in [7, 11) is 0. The maximum Gasteiger partial charge on any atom is 0.241 e. The van der Waals surface area contributed by atoms with Crippen LogP contribution in [0.15, 0.2) is 12.4 Å². The van der Waals surface area contributed by atoms with Crippen LogP contribution in [0.3, 0.4) is 0 Å². The molecule has 86 valence electrons. The molecule has 1 atom stereocenters. The summed E-state index contributed by atoms with van der Waals surface area (Å²) in [5.41, 5.74) is 0. The second-order valence-electron chi connectivity index (χ2n) is 3.86. The number of thioether (sulfide) groups is 1. The van der Waals surface area contributed by atoms with Gasteiger partial charge in [-0.15, -0.1) is 11.8 Å². The second-order valence-corrected chi connectivity index (χ2v) is 5.85. The summed E-state index contributed by atoms with van der Waals surface area (Å²) in [6, 6.07) is 1.54. The molecule has 0 radical (unpaired) electrons. The Bertz CT molecular complexity index is 407. The molecule has 1 aliphatic rings. The molecule has 4 nitrogen and oxygen atoms in total. The molecule has 0 bridgehead atoms. The maximum atomic E-state index is 12.0. The Balaban J connectivity index is 2.07. The monoisotopic (exact) mass is 257 g/mol. The molecule has 1 fully saturated rings. The van der Waals surface area contributed by atoms with Gasteiger partial charge >= 0.3 is 0 Å². The average Bonchev–Trinajstić information content (AvgIpc) is 2.66. The molecule has 6 heteroatoms. The zero-order valence-electron chi connectivity index (χ0n) is 8.86. The molecule has 16 heavy (non-hydrogen) atoms. The summed E-state index contributed by atoms with van der Waals surface area (Å²) in [6.45, 7) is 1.96. The Morgan fingerprint density at radius 2 is 2.44 bits per heavy atom. The van der Waals surface area contributed by atoms with E-state index in [1.165, 1.54) is 6.33 Å². The minimum atomic E-state index is -0.336. The first kappa shape index (κ1) is 11.7. The molecule has 1 unspecified atom stereocenters. The highest BCUT2D eigenvalue weighted by atomic mass is 35.5. The van der Waals surface area contributed by atoms with Crippen LogP contribution in [0.1, 0.15) is 19.8 Å². The van der Waals surface area contributed by atoms with Crippen molar-refractivity contribution in [2.75, 3.05) is 11.1 Å². The van der Waals surface area contributed by atoms with E-state index < -0.39 is 0 Å². The Morgan fingerprint density at radius 3 is 3.06 bits per heavy atom. The fourth-order valence-electron chi connectivity index (χ4n) is 1.61. The molecular formula is C10H12ClN3OS. The summed E-state index contributed by atoms with van der Waals surface area (Å²) in [5, 5.41) is 3.10.